The van der Waals surface area contributed by atoms with Gasteiger partial charge in [0.15, 0.2) is 11.6 Å². The van der Waals surface area contributed by atoms with Gasteiger partial charge < -0.3 is 15.5 Å². The van der Waals surface area contributed by atoms with Gasteiger partial charge in [-0.15, -0.1) is 0 Å². The lowest BCUT2D eigenvalue weighted by Gasteiger charge is -2.10. The maximum Gasteiger partial charge on any atom is 0.228 e. The van der Waals surface area contributed by atoms with E-state index < -0.39 is 11.6 Å². The van der Waals surface area contributed by atoms with Gasteiger partial charge in [0.25, 0.3) is 0 Å². The van der Waals surface area contributed by atoms with Gasteiger partial charge in [0.05, 0.1) is 12.1 Å². The summed E-state index contributed by atoms with van der Waals surface area (Å²) in [5.41, 5.74) is 2.23. The van der Waals surface area contributed by atoms with Crippen molar-refractivity contribution in [2.24, 2.45) is 0 Å². The Bertz CT molecular complexity index is 910. The van der Waals surface area contributed by atoms with Gasteiger partial charge in [-0.05, 0) is 41.0 Å². The van der Waals surface area contributed by atoms with Crippen molar-refractivity contribution in [1.29, 1.82) is 0 Å². The second kappa shape index (κ2) is 7.05. The highest BCUT2D eigenvalue weighted by atomic mass is 19.1. The quantitative estimate of drug-likeness (QED) is 0.628. The van der Waals surface area contributed by atoms with Gasteiger partial charge in [-0.3, -0.25) is 4.79 Å². The van der Waals surface area contributed by atoms with Crippen molar-refractivity contribution >= 4 is 11.6 Å². The number of hydrogen-bond acceptors (Lipinski definition) is 3. The van der Waals surface area contributed by atoms with Crippen molar-refractivity contribution in [3.8, 4) is 22.6 Å². The summed E-state index contributed by atoms with van der Waals surface area (Å²) in [5, 5.41) is 21.9. The van der Waals surface area contributed by atoms with Gasteiger partial charge in [0.1, 0.15) is 5.75 Å². The molecule has 0 radical (unpaired) electrons. The van der Waals surface area contributed by atoms with Crippen LogP contribution in [0.3, 0.4) is 0 Å². The molecule has 0 bridgehead atoms. The molecular formula is C20H16FNO3. The lowest BCUT2D eigenvalue weighted by Crippen LogP contribution is -2.14. The fraction of sp³-hybridized carbons (Fsp3) is 0.0500. The molecule has 0 saturated heterocycles. The number of anilines is 1. The minimum atomic E-state index is -0.736. The van der Waals surface area contributed by atoms with E-state index in [-0.39, 0.29) is 23.8 Å². The van der Waals surface area contributed by atoms with Gasteiger partial charge in [0, 0.05) is 0 Å². The Kier molecular flexibility index (Phi) is 4.66. The van der Waals surface area contributed by atoms with Crippen LogP contribution >= 0.6 is 0 Å². The Balaban J connectivity index is 1.82. The number of carbonyl (C=O) groups is 1. The first-order valence-electron chi connectivity index (χ1n) is 7.68. The number of phenolic OH excluding ortho intramolecular Hbond substituents is 2. The molecule has 0 aromatic heterocycles. The van der Waals surface area contributed by atoms with Crippen LogP contribution < -0.4 is 5.32 Å². The maximum atomic E-state index is 13.5. The van der Waals surface area contributed by atoms with Crippen LogP contribution in [-0.4, -0.2) is 16.1 Å². The lowest BCUT2D eigenvalue weighted by atomic mass is 10.0. The van der Waals surface area contributed by atoms with Crippen molar-refractivity contribution in [3.63, 3.8) is 0 Å². The smallest absolute Gasteiger partial charge is 0.228 e. The highest BCUT2D eigenvalue weighted by molar-refractivity contribution is 5.94. The summed E-state index contributed by atoms with van der Waals surface area (Å²) < 4.78 is 13.5. The molecule has 0 atom stereocenters. The zero-order chi connectivity index (χ0) is 17.8. The van der Waals surface area contributed by atoms with E-state index in [1.807, 2.05) is 30.3 Å². The first-order valence-corrected chi connectivity index (χ1v) is 7.68. The van der Waals surface area contributed by atoms with E-state index in [1.165, 1.54) is 18.2 Å². The van der Waals surface area contributed by atoms with E-state index in [2.05, 4.69) is 5.32 Å². The Morgan fingerprint density at radius 2 is 1.52 bits per heavy atom. The van der Waals surface area contributed by atoms with Gasteiger partial charge >= 0.3 is 0 Å². The number of amides is 1. The van der Waals surface area contributed by atoms with Crippen LogP contribution in [0.2, 0.25) is 0 Å². The zero-order valence-corrected chi connectivity index (χ0v) is 13.2. The van der Waals surface area contributed by atoms with Crippen LogP contribution in [0.1, 0.15) is 5.56 Å². The second-order valence-electron chi connectivity index (χ2n) is 5.61. The summed E-state index contributed by atoms with van der Waals surface area (Å²) in [4.78, 5) is 12.2. The molecule has 3 rings (SSSR count). The number of carbonyl (C=O) groups excluding carboxylic acids is 1. The average Bonchev–Trinajstić information content (AvgIpc) is 2.60. The molecule has 0 aliphatic rings. The van der Waals surface area contributed by atoms with Gasteiger partial charge in [-0.2, -0.15) is 0 Å². The van der Waals surface area contributed by atoms with E-state index in [0.29, 0.717) is 11.1 Å². The monoisotopic (exact) mass is 337 g/mol. The van der Waals surface area contributed by atoms with E-state index in [1.54, 1.807) is 18.2 Å². The Morgan fingerprint density at radius 3 is 2.20 bits per heavy atom. The van der Waals surface area contributed by atoms with Crippen LogP contribution in [0.25, 0.3) is 11.1 Å². The first-order chi connectivity index (χ1) is 12.0. The van der Waals surface area contributed by atoms with Crippen LogP contribution in [0.4, 0.5) is 10.1 Å². The topological polar surface area (TPSA) is 69.6 Å². The predicted octanol–water partition coefficient (Wildman–Crippen LogP) is 4.09. The fourth-order valence-corrected chi connectivity index (χ4v) is 2.48. The molecule has 3 aromatic rings. The van der Waals surface area contributed by atoms with Crippen LogP contribution in [0.5, 0.6) is 11.5 Å². The minimum Gasteiger partial charge on any atom is -0.506 e. The molecule has 0 unspecified atom stereocenters. The maximum absolute atomic E-state index is 13.5. The van der Waals surface area contributed by atoms with Crippen molar-refractivity contribution in [2.45, 2.75) is 6.42 Å². The molecule has 4 nitrogen and oxygen atoms in total. The molecule has 25 heavy (non-hydrogen) atoms. The number of benzene rings is 3. The SMILES string of the molecule is O=C(Cc1ccccc1)Nc1cc(-c2ccc(O)c(F)c2)ccc1O. The molecule has 0 aliphatic carbocycles. The molecule has 0 heterocycles. The molecule has 3 aromatic carbocycles. The van der Waals surface area contributed by atoms with Crippen molar-refractivity contribution in [3.05, 3.63) is 78.1 Å². The zero-order valence-electron chi connectivity index (χ0n) is 13.2. The molecule has 1 amide bonds. The van der Waals surface area contributed by atoms with Crippen molar-refractivity contribution in [1.82, 2.24) is 0 Å². The number of hydrogen-bond donors (Lipinski definition) is 3. The third kappa shape index (κ3) is 3.95. The lowest BCUT2D eigenvalue weighted by molar-refractivity contribution is -0.115. The van der Waals surface area contributed by atoms with Crippen molar-refractivity contribution in [2.75, 3.05) is 5.32 Å². The summed E-state index contributed by atoms with van der Waals surface area (Å²) in [6.07, 6.45) is 0.179. The first kappa shape index (κ1) is 16.5. The summed E-state index contributed by atoms with van der Waals surface area (Å²) >= 11 is 0. The number of aromatic hydroxyl groups is 2. The minimum absolute atomic E-state index is 0.0792. The third-order valence-electron chi connectivity index (χ3n) is 3.76. The van der Waals surface area contributed by atoms with E-state index in [9.17, 15) is 19.4 Å². The van der Waals surface area contributed by atoms with Crippen LogP contribution in [0.15, 0.2) is 66.7 Å². The number of nitrogens with one attached hydrogen (secondary N) is 1. The Labute approximate surface area is 144 Å². The predicted molar refractivity (Wildman–Crippen MR) is 93.9 cm³/mol. The molecule has 0 saturated carbocycles. The Hall–Kier alpha value is -3.34. The number of rotatable bonds is 4. The van der Waals surface area contributed by atoms with Crippen LogP contribution in [0, 0.1) is 5.82 Å². The summed E-state index contributed by atoms with van der Waals surface area (Å²) in [6, 6.07) is 17.8. The van der Waals surface area contributed by atoms with Gasteiger partial charge in [0.2, 0.25) is 5.91 Å². The summed E-state index contributed by atoms with van der Waals surface area (Å²) in [5.74, 6) is -1.51. The Morgan fingerprint density at radius 1 is 0.880 bits per heavy atom. The highest BCUT2D eigenvalue weighted by Gasteiger charge is 2.10. The normalized spacial score (nSPS) is 10.4. The molecule has 5 heteroatoms. The van der Waals surface area contributed by atoms with E-state index in [4.69, 9.17) is 0 Å². The third-order valence-corrected chi connectivity index (χ3v) is 3.76. The van der Waals surface area contributed by atoms with Crippen LogP contribution in [-0.2, 0) is 11.2 Å². The standard InChI is InChI=1S/C20H16FNO3/c21-16-11-14(6-8-18(16)23)15-7-9-19(24)17(12-15)22-20(25)10-13-4-2-1-3-5-13/h1-9,11-12,23-24H,10H2,(H,22,25). The van der Waals surface area contributed by atoms with Gasteiger partial charge in [-0.25, -0.2) is 4.39 Å². The molecular weight excluding hydrogens is 321 g/mol. The van der Waals surface area contributed by atoms with Crippen molar-refractivity contribution < 1.29 is 19.4 Å². The number of phenols is 2. The summed E-state index contributed by atoms with van der Waals surface area (Å²) in [6.45, 7) is 0. The molecule has 0 fully saturated rings. The second-order valence-corrected chi connectivity index (χ2v) is 5.61. The molecule has 0 spiro atoms. The number of halogens is 1. The largest absolute Gasteiger partial charge is 0.506 e. The molecule has 3 N–H and O–H groups in total. The average molecular weight is 337 g/mol. The molecule has 0 aliphatic heterocycles. The fourth-order valence-electron chi connectivity index (χ4n) is 2.48. The van der Waals surface area contributed by atoms with E-state index >= 15 is 0 Å². The van der Waals surface area contributed by atoms with Gasteiger partial charge in [-0.1, -0.05) is 42.5 Å². The highest BCUT2D eigenvalue weighted by Crippen LogP contribution is 2.31. The van der Waals surface area contributed by atoms with E-state index in [0.717, 1.165) is 5.56 Å². The molecule has 126 valence electrons. The summed E-state index contributed by atoms with van der Waals surface area (Å²) in [7, 11) is 0.